The van der Waals surface area contributed by atoms with Crippen molar-refractivity contribution in [3.8, 4) is 0 Å². The summed E-state index contributed by atoms with van der Waals surface area (Å²) in [5, 5.41) is 0. The lowest BCUT2D eigenvalue weighted by molar-refractivity contribution is 0.101. The molecule has 0 fully saturated rings. The Morgan fingerprint density at radius 2 is 2.23 bits per heavy atom. The highest BCUT2D eigenvalue weighted by Crippen LogP contribution is 2.07. The van der Waals surface area contributed by atoms with E-state index in [1.54, 1.807) is 0 Å². The molecule has 0 saturated heterocycles. The van der Waals surface area contributed by atoms with Crippen LogP contribution in [0.4, 0.5) is 0 Å². The fourth-order valence-corrected chi connectivity index (χ4v) is 1.63. The summed E-state index contributed by atoms with van der Waals surface area (Å²) in [6, 6.07) is 0. The Hall–Kier alpha value is -1.03. The van der Waals surface area contributed by atoms with E-state index in [4.69, 9.17) is 12.2 Å². The summed E-state index contributed by atoms with van der Waals surface area (Å²) in [7, 11) is 0. The zero-order valence-electron chi connectivity index (χ0n) is 7.97. The van der Waals surface area contributed by atoms with Crippen molar-refractivity contribution in [2.75, 3.05) is 0 Å². The number of ketones is 1. The van der Waals surface area contributed by atoms with Gasteiger partial charge in [0.15, 0.2) is 5.78 Å². The van der Waals surface area contributed by atoms with E-state index in [9.17, 15) is 4.79 Å². The van der Waals surface area contributed by atoms with E-state index >= 15 is 0 Å². The maximum atomic E-state index is 11.2. The number of carbonyl (C=O) groups is 1. The van der Waals surface area contributed by atoms with Gasteiger partial charge < -0.3 is 4.98 Å². The Morgan fingerprint density at radius 1 is 1.62 bits per heavy atom. The third kappa shape index (κ3) is 2.01. The van der Waals surface area contributed by atoms with Crippen molar-refractivity contribution in [2.24, 2.45) is 0 Å². The molecule has 0 aliphatic carbocycles. The van der Waals surface area contributed by atoms with Crippen LogP contribution in [0.5, 0.6) is 0 Å². The van der Waals surface area contributed by atoms with Crippen molar-refractivity contribution in [2.45, 2.75) is 27.2 Å². The largest absolute Gasteiger partial charge is 0.347 e. The standard InChI is InChI=1S/C9H12N2OS/c1-4-7-10-5(2)8(6(3)12)9(13)11-7/h4H2,1-3H3,(H,10,11,13). The maximum Gasteiger partial charge on any atom is 0.164 e. The van der Waals surface area contributed by atoms with Gasteiger partial charge in [-0.3, -0.25) is 4.79 Å². The summed E-state index contributed by atoms with van der Waals surface area (Å²) in [6.45, 7) is 5.33. The number of aromatic nitrogens is 2. The topological polar surface area (TPSA) is 45.8 Å². The van der Waals surface area contributed by atoms with Crippen LogP contribution < -0.4 is 0 Å². The summed E-state index contributed by atoms with van der Waals surface area (Å²) < 4.78 is 0.403. The molecule has 3 nitrogen and oxygen atoms in total. The number of nitrogens with one attached hydrogen (secondary N) is 1. The minimum atomic E-state index is -0.0334. The fraction of sp³-hybridized carbons (Fsp3) is 0.444. The quantitative estimate of drug-likeness (QED) is 0.582. The van der Waals surface area contributed by atoms with Crippen LogP contribution in [0.15, 0.2) is 0 Å². The molecule has 1 rings (SSSR count). The molecule has 1 aromatic heterocycles. The maximum absolute atomic E-state index is 11.2. The molecule has 0 atom stereocenters. The van der Waals surface area contributed by atoms with Crippen molar-refractivity contribution >= 4 is 18.0 Å². The Bertz CT molecular complexity index is 395. The number of nitrogens with zero attached hydrogens (tertiary/aromatic N) is 1. The molecule has 0 bridgehead atoms. The average Bonchev–Trinajstić information content (AvgIpc) is 2.02. The molecule has 0 spiro atoms. The van der Waals surface area contributed by atoms with Gasteiger partial charge >= 0.3 is 0 Å². The third-order valence-electron chi connectivity index (χ3n) is 1.84. The van der Waals surface area contributed by atoms with Gasteiger partial charge in [0.05, 0.1) is 5.56 Å². The van der Waals surface area contributed by atoms with Gasteiger partial charge in [-0.15, -0.1) is 0 Å². The number of hydrogen-bond donors (Lipinski definition) is 1. The second kappa shape index (κ2) is 3.79. The van der Waals surface area contributed by atoms with Crippen molar-refractivity contribution in [3.63, 3.8) is 0 Å². The molecular weight excluding hydrogens is 184 g/mol. The lowest BCUT2D eigenvalue weighted by Crippen LogP contribution is -2.05. The van der Waals surface area contributed by atoms with Gasteiger partial charge in [0.2, 0.25) is 0 Å². The van der Waals surface area contributed by atoms with E-state index in [0.29, 0.717) is 10.2 Å². The second-order valence-electron chi connectivity index (χ2n) is 2.90. The molecule has 0 amide bonds. The van der Waals surface area contributed by atoms with Gasteiger partial charge in [-0.25, -0.2) is 4.98 Å². The lowest BCUT2D eigenvalue weighted by atomic mass is 10.2. The van der Waals surface area contributed by atoms with E-state index in [-0.39, 0.29) is 5.78 Å². The van der Waals surface area contributed by atoms with Crippen LogP contribution in [0, 0.1) is 11.6 Å². The molecule has 13 heavy (non-hydrogen) atoms. The minimum Gasteiger partial charge on any atom is -0.347 e. The molecule has 1 aromatic rings. The highest BCUT2D eigenvalue weighted by atomic mass is 32.1. The summed E-state index contributed by atoms with van der Waals surface area (Å²) in [5.41, 5.74) is 1.34. The van der Waals surface area contributed by atoms with E-state index in [1.807, 2.05) is 13.8 Å². The summed E-state index contributed by atoms with van der Waals surface area (Å²) >= 11 is 5.02. The third-order valence-corrected chi connectivity index (χ3v) is 2.14. The van der Waals surface area contributed by atoms with Crippen LogP contribution in [0.25, 0.3) is 0 Å². The fourth-order valence-electron chi connectivity index (χ4n) is 1.23. The first kappa shape index (κ1) is 10.1. The monoisotopic (exact) mass is 196 g/mol. The molecule has 0 aliphatic heterocycles. The summed E-state index contributed by atoms with van der Waals surface area (Å²) in [6.07, 6.45) is 0.794. The van der Waals surface area contributed by atoms with E-state index in [2.05, 4.69) is 9.97 Å². The molecule has 0 radical (unpaired) electrons. The van der Waals surface area contributed by atoms with Crippen molar-refractivity contribution < 1.29 is 4.79 Å². The highest BCUT2D eigenvalue weighted by molar-refractivity contribution is 7.71. The predicted octanol–water partition coefficient (Wildman–Crippen LogP) is 2.21. The molecule has 0 saturated carbocycles. The first-order valence-corrected chi connectivity index (χ1v) is 4.57. The molecular formula is C9H12N2OS. The van der Waals surface area contributed by atoms with Crippen LogP contribution in [0.1, 0.15) is 35.7 Å². The molecule has 0 unspecified atom stereocenters. The van der Waals surface area contributed by atoms with Gasteiger partial charge in [-0.05, 0) is 13.8 Å². The number of rotatable bonds is 2. The van der Waals surface area contributed by atoms with Crippen LogP contribution in [-0.4, -0.2) is 15.8 Å². The molecule has 1 N–H and O–H groups in total. The molecule has 4 heteroatoms. The Morgan fingerprint density at radius 3 is 2.62 bits per heavy atom. The van der Waals surface area contributed by atoms with Gasteiger partial charge in [0.1, 0.15) is 10.5 Å². The summed E-state index contributed by atoms with van der Waals surface area (Å²) in [4.78, 5) is 18.3. The van der Waals surface area contributed by atoms with Crippen LogP contribution in [0.3, 0.4) is 0 Å². The molecule has 0 aliphatic rings. The lowest BCUT2D eigenvalue weighted by Gasteiger charge is -2.04. The van der Waals surface area contributed by atoms with Crippen LogP contribution >= 0.6 is 12.2 Å². The van der Waals surface area contributed by atoms with E-state index < -0.39 is 0 Å². The zero-order chi connectivity index (χ0) is 10.0. The van der Waals surface area contributed by atoms with E-state index in [0.717, 1.165) is 17.9 Å². The normalized spacial score (nSPS) is 10.1. The van der Waals surface area contributed by atoms with Gasteiger partial charge in [-0.1, -0.05) is 19.1 Å². The van der Waals surface area contributed by atoms with Crippen LogP contribution in [0.2, 0.25) is 0 Å². The predicted molar refractivity (Wildman–Crippen MR) is 53.5 cm³/mol. The highest BCUT2D eigenvalue weighted by Gasteiger charge is 2.08. The number of H-pyrrole nitrogens is 1. The zero-order valence-corrected chi connectivity index (χ0v) is 8.79. The molecule has 0 aromatic carbocycles. The Kier molecular flexibility index (Phi) is 2.93. The van der Waals surface area contributed by atoms with E-state index in [1.165, 1.54) is 6.92 Å². The number of carbonyl (C=O) groups excluding carboxylic acids is 1. The van der Waals surface area contributed by atoms with Crippen molar-refractivity contribution in [1.29, 1.82) is 0 Å². The van der Waals surface area contributed by atoms with Gasteiger partial charge in [0.25, 0.3) is 0 Å². The molecule has 1 heterocycles. The smallest absolute Gasteiger partial charge is 0.164 e. The van der Waals surface area contributed by atoms with Crippen molar-refractivity contribution in [3.05, 3.63) is 21.7 Å². The summed E-state index contributed by atoms with van der Waals surface area (Å²) in [5.74, 6) is 0.793. The number of hydrogen-bond acceptors (Lipinski definition) is 3. The van der Waals surface area contributed by atoms with Gasteiger partial charge in [0, 0.05) is 12.1 Å². The van der Waals surface area contributed by atoms with Crippen molar-refractivity contribution in [1.82, 2.24) is 9.97 Å². The number of aryl methyl sites for hydroxylation is 2. The number of aromatic amines is 1. The average molecular weight is 196 g/mol. The minimum absolute atomic E-state index is 0.0334. The second-order valence-corrected chi connectivity index (χ2v) is 3.29. The SMILES string of the molecule is CCc1nc(=S)c(C(C)=O)c(C)[nH]1. The first-order valence-electron chi connectivity index (χ1n) is 4.17. The Balaban J connectivity index is 3.40. The molecule has 70 valence electrons. The Labute approximate surface area is 82.2 Å². The first-order chi connectivity index (χ1) is 6.06. The van der Waals surface area contributed by atoms with Gasteiger partial charge in [-0.2, -0.15) is 0 Å². The number of Topliss-reactive ketones (excluding diaryl/α,β-unsaturated/α-hetero) is 1. The van der Waals surface area contributed by atoms with Crippen LogP contribution in [-0.2, 0) is 6.42 Å².